The SMILES string of the molecule is CC[C@H](C)NC(=O)[C@@H](Cc1ccccc1)N(Cc1ccc(Cl)c(Cl)c1)C(=O)CN(c1ccc(Cl)cc1)S(C)(=O)=O. The minimum atomic E-state index is -3.87. The number of nitrogens with zero attached hydrogens (tertiary/aromatic N) is 2. The van der Waals surface area contributed by atoms with Crippen LogP contribution in [-0.4, -0.2) is 50.0 Å². The van der Waals surface area contributed by atoms with E-state index in [1.807, 2.05) is 44.2 Å². The lowest BCUT2D eigenvalue weighted by atomic mass is 10.0. The Morgan fingerprint density at radius 3 is 2.12 bits per heavy atom. The van der Waals surface area contributed by atoms with E-state index in [0.29, 0.717) is 27.1 Å². The summed E-state index contributed by atoms with van der Waals surface area (Å²) in [6.07, 6.45) is 1.94. The van der Waals surface area contributed by atoms with Crippen molar-refractivity contribution in [1.82, 2.24) is 10.2 Å². The molecule has 0 aliphatic rings. The third-order valence-corrected chi connectivity index (χ3v) is 8.53. The predicted molar refractivity (Wildman–Crippen MR) is 162 cm³/mol. The fraction of sp³-hybridized carbons (Fsp3) is 0.310. The van der Waals surface area contributed by atoms with E-state index in [1.165, 1.54) is 17.0 Å². The molecule has 0 saturated carbocycles. The van der Waals surface area contributed by atoms with Crippen molar-refractivity contribution in [2.24, 2.45) is 0 Å². The molecule has 0 radical (unpaired) electrons. The first-order valence-electron chi connectivity index (χ1n) is 12.7. The van der Waals surface area contributed by atoms with Gasteiger partial charge in [-0.1, -0.05) is 78.1 Å². The second-order valence-corrected chi connectivity index (χ2v) is 12.7. The van der Waals surface area contributed by atoms with Crippen LogP contribution in [0.25, 0.3) is 0 Å². The van der Waals surface area contributed by atoms with Crippen LogP contribution in [0.2, 0.25) is 15.1 Å². The summed E-state index contributed by atoms with van der Waals surface area (Å²) in [4.78, 5) is 29.1. The normalized spacial score (nSPS) is 12.8. The number of amides is 2. The van der Waals surface area contributed by atoms with E-state index < -0.39 is 28.5 Å². The van der Waals surface area contributed by atoms with E-state index in [-0.39, 0.29) is 30.6 Å². The van der Waals surface area contributed by atoms with E-state index in [2.05, 4.69) is 5.32 Å². The smallest absolute Gasteiger partial charge is 0.244 e. The quantitative estimate of drug-likeness (QED) is 0.269. The standard InChI is InChI=1S/C29H32Cl3N3O4S/c1-4-20(2)33-29(37)27(17-21-8-6-5-7-9-21)34(18-22-10-15-25(31)26(32)16-22)28(36)19-35(40(3,38)39)24-13-11-23(30)12-14-24/h5-16,20,27H,4,17-19H2,1-3H3,(H,33,37)/t20-,27+/m0/s1. The van der Waals surface area contributed by atoms with Crippen LogP contribution in [0, 0.1) is 0 Å². The van der Waals surface area contributed by atoms with Crippen LogP contribution in [-0.2, 0) is 32.6 Å². The van der Waals surface area contributed by atoms with Gasteiger partial charge in [0.25, 0.3) is 0 Å². The van der Waals surface area contributed by atoms with Crippen LogP contribution in [0.4, 0.5) is 5.69 Å². The Kier molecular flexibility index (Phi) is 11.3. The molecule has 2 atom stereocenters. The number of anilines is 1. The van der Waals surface area contributed by atoms with Gasteiger partial charge in [-0.3, -0.25) is 13.9 Å². The summed E-state index contributed by atoms with van der Waals surface area (Å²) >= 11 is 18.4. The lowest BCUT2D eigenvalue weighted by Crippen LogP contribution is -2.54. The molecular formula is C29H32Cl3N3O4S. The maximum Gasteiger partial charge on any atom is 0.244 e. The zero-order chi connectivity index (χ0) is 29.4. The summed E-state index contributed by atoms with van der Waals surface area (Å²) in [5.41, 5.74) is 1.75. The lowest BCUT2D eigenvalue weighted by Gasteiger charge is -2.34. The molecule has 0 bridgehead atoms. The predicted octanol–water partition coefficient (Wildman–Crippen LogP) is 5.97. The Morgan fingerprint density at radius 1 is 0.900 bits per heavy atom. The largest absolute Gasteiger partial charge is 0.352 e. The third kappa shape index (κ3) is 8.86. The van der Waals surface area contributed by atoms with Gasteiger partial charge in [-0.05, 0) is 60.9 Å². The van der Waals surface area contributed by atoms with Crippen molar-refractivity contribution in [3.8, 4) is 0 Å². The summed E-state index contributed by atoms with van der Waals surface area (Å²) in [6, 6.07) is 19.4. The number of benzene rings is 3. The molecule has 40 heavy (non-hydrogen) atoms. The van der Waals surface area contributed by atoms with Crippen LogP contribution >= 0.6 is 34.8 Å². The number of rotatable bonds is 12. The zero-order valence-corrected chi connectivity index (χ0v) is 25.6. The zero-order valence-electron chi connectivity index (χ0n) is 22.5. The Hall–Kier alpha value is -2.78. The second kappa shape index (κ2) is 14.2. The van der Waals surface area contributed by atoms with Gasteiger partial charge in [0.05, 0.1) is 22.0 Å². The molecule has 2 amide bonds. The van der Waals surface area contributed by atoms with Gasteiger partial charge >= 0.3 is 0 Å². The highest BCUT2D eigenvalue weighted by Gasteiger charge is 2.33. The second-order valence-electron chi connectivity index (χ2n) is 9.54. The number of sulfonamides is 1. The molecule has 1 N–H and O–H groups in total. The van der Waals surface area contributed by atoms with Crippen molar-refractivity contribution in [1.29, 1.82) is 0 Å². The maximum absolute atomic E-state index is 14.0. The van der Waals surface area contributed by atoms with Crippen LogP contribution in [0.3, 0.4) is 0 Å². The first-order valence-corrected chi connectivity index (χ1v) is 15.7. The first kappa shape index (κ1) is 31.7. The van der Waals surface area contributed by atoms with Crippen LogP contribution in [0.1, 0.15) is 31.4 Å². The molecule has 7 nitrogen and oxygen atoms in total. The summed E-state index contributed by atoms with van der Waals surface area (Å²) in [5.74, 6) is -0.907. The number of halogens is 3. The van der Waals surface area contributed by atoms with Gasteiger partial charge in [0, 0.05) is 24.0 Å². The fourth-order valence-electron chi connectivity index (χ4n) is 4.05. The van der Waals surface area contributed by atoms with Gasteiger partial charge in [-0.15, -0.1) is 0 Å². The highest BCUT2D eigenvalue weighted by Crippen LogP contribution is 2.25. The van der Waals surface area contributed by atoms with E-state index in [1.54, 1.807) is 30.3 Å². The highest BCUT2D eigenvalue weighted by atomic mass is 35.5. The number of carbonyl (C=O) groups is 2. The molecule has 0 fully saturated rings. The van der Waals surface area contributed by atoms with Crippen molar-refractivity contribution in [3.05, 3.63) is 99.0 Å². The van der Waals surface area contributed by atoms with Gasteiger partial charge in [0.1, 0.15) is 12.6 Å². The molecule has 3 aromatic carbocycles. The summed E-state index contributed by atoms with van der Waals surface area (Å²) in [6.45, 7) is 3.31. The Labute approximate surface area is 251 Å². The van der Waals surface area contributed by atoms with Crippen LogP contribution in [0.5, 0.6) is 0 Å². The third-order valence-electron chi connectivity index (χ3n) is 6.40. The van der Waals surface area contributed by atoms with Crippen molar-refractivity contribution in [2.75, 3.05) is 17.1 Å². The molecule has 0 heterocycles. The summed E-state index contributed by atoms with van der Waals surface area (Å²) in [7, 11) is -3.87. The van der Waals surface area contributed by atoms with Gasteiger partial charge in [0.15, 0.2) is 0 Å². The molecule has 3 aromatic rings. The van der Waals surface area contributed by atoms with Crippen molar-refractivity contribution in [3.63, 3.8) is 0 Å². The maximum atomic E-state index is 14.0. The topological polar surface area (TPSA) is 86.8 Å². The molecule has 214 valence electrons. The van der Waals surface area contributed by atoms with E-state index in [0.717, 1.165) is 16.1 Å². The Balaban J connectivity index is 2.07. The summed E-state index contributed by atoms with van der Waals surface area (Å²) < 4.78 is 26.6. The molecule has 0 aromatic heterocycles. The van der Waals surface area contributed by atoms with Crippen molar-refractivity contribution >= 4 is 62.3 Å². The molecule has 0 saturated heterocycles. The van der Waals surface area contributed by atoms with Crippen molar-refractivity contribution < 1.29 is 18.0 Å². The molecule has 11 heteroatoms. The van der Waals surface area contributed by atoms with E-state index in [9.17, 15) is 18.0 Å². The fourth-order valence-corrected chi connectivity index (χ4v) is 5.35. The average molecular weight is 625 g/mol. The van der Waals surface area contributed by atoms with Gasteiger partial charge < -0.3 is 10.2 Å². The van der Waals surface area contributed by atoms with Crippen LogP contribution < -0.4 is 9.62 Å². The minimum Gasteiger partial charge on any atom is -0.352 e. The van der Waals surface area contributed by atoms with Crippen molar-refractivity contribution in [2.45, 2.75) is 45.3 Å². The van der Waals surface area contributed by atoms with Gasteiger partial charge in [-0.25, -0.2) is 8.42 Å². The number of hydrogen-bond donors (Lipinski definition) is 1. The molecule has 0 spiro atoms. The van der Waals surface area contributed by atoms with E-state index >= 15 is 0 Å². The molecule has 0 aliphatic carbocycles. The molecule has 0 aliphatic heterocycles. The highest BCUT2D eigenvalue weighted by molar-refractivity contribution is 7.92. The minimum absolute atomic E-state index is 0.000627. The number of hydrogen-bond acceptors (Lipinski definition) is 4. The monoisotopic (exact) mass is 623 g/mol. The Morgan fingerprint density at radius 2 is 1.55 bits per heavy atom. The van der Waals surface area contributed by atoms with E-state index in [4.69, 9.17) is 34.8 Å². The summed E-state index contributed by atoms with van der Waals surface area (Å²) in [5, 5.41) is 4.06. The average Bonchev–Trinajstić information content (AvgIpc) is 2.91. The first-order chi connectivity index (χ1) is 18.9. The number of nitrogens with one attached hydrogen (secondary N) is 1. The number of carbonyl (C=O) groups excluding carboxylic acids is 2. The Bertz CT molecular complexity index is 1420. The van der Waals surface area contributed by atoms with Gasteiger partial charge in [0.2, 0.25) is 21.8 Å². The van der Waals surface area contributed by atoms with Gasteiger partial charge in [-0.2, -0.15) is 0 Å². The molecule has 0 unspecified atom stereocenters. The molecule has 3 rings (SSSR count). The lowest BCUT2D eigenvalue weighted by molar-refractivity contribution is -0.140. The van der Waals surface area contributed by atoms with Crippen LogP contribution in [0.15, 0.2) is 72.8 Å². The molecular weight excluding hydrogens is 593 g/mol.